The molecule has 20 heavy (non-hydrogen) atoms. The molecule has 110 valence electrons. The van der Waals surface area contributed by atoms with Crippen LogP contribution in [0.15, 0.2) is 24.3 Å². The highest BCUT2D eigenvalue weighted by atomic mass is 35.5. The lowest BCUT2D eigenvalue weighted by Crippen LogP contribution is -2.32. The van der Waals surface area contributed by atoms with Crippen molar-refractivity contribution in [3.63, 3.8) is 0 Å². The lowest BCUT2D eigenvalue weighted by Gasteiger charge is -2.31. The third-order valence-corrected chi connectivity index (χ3v) is 5.23. The number of benzene rings is 1. The number of nitrogens with one attached hydrogen (secondary N) is 1. The average Bonchev–Trinajstić information content (AvgIpc) is 3.31. The van der Waals surface area contributed by atoms with Crippen LogP contribution in [0.25, 0.3) is 0 Å². The fourth-order valence-electron chi connectivity index (χ4n) is 3.54. The molecule has 0 radical (unpaired) electrons. The minimum Gasteiger partial charge on any atom is -0.314 e. The lowest BCUT2D eigenvalue weighted by atomic mass is 9.77. The predicted molar refractivity (Wildman–Crippen MR) is 86.2 cm³/mol. The Morgan fingerprint density at radius 3 is 2.35 bits per heavy atom. The zero-order valence-electron chi connectivity index (χ0n) is 12.3. The monoisotopic (exact) mass is 291 g/mol. The molecule has 1 aromatic rings. The van der Waals surface area contributed by atoms with Crippen molar-refractivity contribution in [1.82, 2.24) is 5.32 Å². The van der Waals surface area contributed by atoms with Crippen LogP contribution in [0.4, 0.5) is 0 Å². The third kappa shape index (κ3) is 4.23. The molecule has 1 nitrogen and oxygen atoms in total. The van der Waals surface area contributed by atoms with Crippen molar-refractivity contribution in [3.8, 4) is 0 Å². The Morgan fingerprint density at radius 1 is 1.00 bits per heavy atom. The van der Waals surface area contributed by atoms with Crippen LogP contribution in [-0.2, 0) is 6.42 Å². The summed E-state index contributed by atoms with van der Waals surface area (Å²) in [7, 11) is 0. The molecule has 0 bridgehead atoms. The van der Waals surface area contributed by atoms with E-state index in [1.165, 1.54) is 63.5 Å². The molecule has 2 heteroatoms. The minimum absolute atomic E-state index is 0.803. The first-order valence-electron chi connectivity index (χ1n) is 8.29. The van der Waals surface area contributed by atoms with Gasteiger partial charge in [0.1, 0.15) is 0 Å². The largest absolute Gasteiger partial charge is 0.314 e. The van der Waals surface area contributed by atoms with Gasteiger partial charge in [-0.1, -0.05) is 55.8 Å². The van der Waals surface area contributed by atoms with Gasteiger partial charge >= 0.3 is 0 Å². The number of hydrogen-bond donors (Lipinski definition) is 1. The second-order valence-corrected chi connectivity index (χ2v) is 7.11. The lowest BCUT2D eigenvalue weighted by molar-refractivity contribution is 0.239. The van der Waals surface area contributed by atoms with Gasteiger partial charge in [0.2, 0.25) is 0 Å². The van der Waals surface area contributed by atoms with Crippen LogP contribution in [0.5, 0.6) is 0 Å². The molecule has 0 aliphatic heterocycles. The molecule has 0 amide bonds. The van der Waals surface area contributed by atoms with Gasteiger partial charge in [-0.05, 0) is 55.3 Å². The summed E-state index contributed by atoms with van der Waals surface area (Å²) in [4.78, 5) is 0. The van der Waals surface area contributed by atoms with Gasteiger partial charge in [0.05, 0.1) is 0 Å². The highest BCUT2D eigenvalue weighted by molar-refractivity contribution is 6.30. The molecule has 3 rings (SSSR count). The summed E-state index contributed by atoms with van der Waals surface area (Å²) in [6, 6.07) is 9.29. The Balaban J connectivity index is 1.61. The molecule has 2 aliphatic carbocycles. The van der Waals surface area contributed by atoms with E-state index in [2.05, 4.69) is 17.4 Å². The van der Waals surface area contributed by atoms with Crippen molar-refractivity contribution >= 4 is 11.6 Å². The van der Waals surface area contributed by atoms with Crippen molar-refractivity contribution in [2.45, 2.75) is 57.4 Å². The van der Waals surface area contributed by atoms with Crippen LogP contribution in [0.2, 0.25) is 5.02 Å². The zero-order chi connectivity index (χ0) is 13.8. The van der Waals surface area contributed by atoms with E-state index in [9.17, 15) is 0 Å². The standard InChI is InChI=1S/C18H26ClN/c19-17-8-6-14(7-9-17)12-16(13-20-18-10-11-18)15-4-2-1-3-5-15/h6-9,15-16,18,20H,1-5,10-13H2. The molecule has 1 atom stereocenters. The Hall–Kier alpha value is -0.530. The molecule has 1 unspecified atom stereocenters. The Morgan fingerprint density at radius 2 is 1.70 bits per heavy atom. The van der Waals surface area contributed by atoms with E-state index in [4.69, 9.17) is 11.6 Å². The summed E-state index contributed by atoms with van der Waals surface area (Å²) in [5, 5.41) is 4.61. The van der Waals surface area contributed by atoms with E-state index >= 15 is 0 Å². The van der Waals surface area contributed by atoms with Crippen LogP contribution in [0.3, 0.4) is 0 Å². The van der Waals surface area contributed by atoms with Gasteiger partial charge in [-0.15, -0.1) is 0 Å². The zero-order valence-corrected chi connectivity index (χ0v) is 13.0. The molecule has 0 heterocycles. The van der Waals surface area contributed by atoms with Gasteiger partial charge < -0.3 is 5.32 Å². The van der Waals surface area contributed by atoms with Crippen LogP contribution < -0.4 is 5.32 Å². The molecule has 0 saturated heterocycles. The second kappa shape index (κ2) is 6.95. The van der Waals surface area contributed by atoms with E-state index in [1.54, 1.807) is 0 Å². The van der Waals surface area contributed by atoms with Gasteiger partial charge in [-0.25, -0.2) is 0 Å². The van der Waals surface area contributed by atoms with Crippen molar-refractivity contribution in [2.75, 3.05) is 6.54 Å². The summed E-state index contributed by atoms with van der Waals surface area (Å²) in [5.74, 6) is 1.72. The van der Waals surface area contributed by atoms with E-state index in [0.29, 0.717) is 0 Å². The van der Waals surface area contributed by atoms with Crippen LogP contribution in [-0.4, -0.2) is 12.6 Å². The fraction of sp³-hybridized carbons (Fsp3) is 0.667. The van der Waals surface area contributed by atoms with Gasteiger partial charge in [-0.3, -0.25) is 0 Å². The average molecular weight is 292 g/mol. The number of hydrogen-bond acceptors (Lipinski definition) is 1. The van der Waals surface area contributed by atoms with Crippen molar-refractivity contribution < 1.29 is 0 Å². The summed E-state index contributed by atoms with van der Waals surface area (Å²) in [6.45, 7) is 1.21. The maximum atomic E-state index is 6.00. The maximum Gasteiger partial charge on any atom is 0.0406 e. The summed E-state index contributed by atoms with van der Waals surface area (Å²) >= 11 is 6.00. The van der Waals surface area contributed by atoms with Crippen molar-refractivity contribution in [2.24, 2.45) is 11.8 Å². The fourth-order valence-corrected chi connectivity index (χ4v) is 3.67. The summed E-state index contributed by atoms with van der Waals surface area (Å²) < 4.78 is 0. The highest BCUT2D eigenvalue weighted by Crippen LogP contribution is 2.32. The van der Waals surface area contributed by atoms with Gasteiger partial charge in [-0.2, -0.15) is 0 Å². The van der Waals surface area contributed by atoms with Crippen molar-refractivity contribution in [1.29, 1.82) is 0 Å². The molecule has 2 saturated carbocycles. The molecular weight excluding hydrogens is 266 g/mol. The normalized spacial score (nSPS) is 21.9. The first kappa shape index (κ1) is 14.4. The molecular formula is C18H26ClN. The second-order valence-electron chi connectivity index (χ2n) is 6.67. The van der Waals surface area contributed by atoms with E-state index in [0.717, 1.165) is 22.9 Å². The minimum atomic E-state index is 0.803. The van der Waals surface area contributed by atoms with E-state index in [-0.39, 0.29) is 0 Å². The van der Waals surface area contributed by atoms with E-state index < -0.39 is 0 Å². The topological polar surface area (TPSA) is 12.0 Å². The first-order valence-corrected chi connectivity index (χ1v) is 8.67. The van der Waals surface area contributed by atoms with Gasteiger partial charge in [0, 0.05) is 11.1 Å². The first-order chi connectivity index (χ1) is 9.81. The smallest absolute Gasteiger partial charge is 0.0406 e. The Labute approximate surface area is 128 Å². The van der Waals surface area contributed by atoms with Gasteiger partial charge in [0.15, 0.2) is 0 Å². The van der Waals surface area contributed by atoms with Gasteiger partial charge in [0.25, 0.3) is 0 Å². The molecule has 2 fully saturated rings. The Bertz CT molecular complexity index is 404. The Kier molecular flexibility index (Phi) is 5.01. The van der Waals surface area contributed by atoms with Crippen LogP contribution >= 0.6 is 11.6 Å². The molecule has 0 aromatic heterocycles. The molecule has 1 aromatic carbocycles. The van der Waals surface area contributed by atoms with Crippen LogP contribution in [0.1, 0.15) is 50.5 Å². The third-order valence-electron chi connectivity index (χ3n) is 4.97. The predicted octanol–water partition coefficient (Wildman–Crippen LogP) is 4.83. The molecule has 1 N–H and O–H groups in total. The van der Waals surface area contributed by atoms with Crippen molar-refractivity contribution in [3.05, 3.63) is 34.9 Å². The molecule has 2 aliphatic rings. The number of rotatable bonds is 6. The van der Waals surface area contributed by atoms with Crippen LogP contribution in [0, 0.1) is 11.8 Å². The maximum absolute atomic E-state index is 6.00. The molecule has 0 spiro atoms. The quantitative estimate of drug-likeness (QED) is 0.791. The van der Waals surface area contributed by atoms with E-state index in [1.807, 2.05) is 12.1 Å². The summed E-state index contributed by atoms with van der Waals surface area (Å²) in [6.07, 6.45) is 11.2. The SMILES string of the molecule is Clc1ccc(CC(CNC2CC2)C2CCCCC2)cc1. The highest BCUT2D eigenvalue weighted by Gasteiger charge is 2.27. The number of halogens is 1. The summed E-state index contributed by atoms with van der Waals surface area (Å²) in [5.41, 5.74) is 1.45.